The highest BCUT2D eigenvalue weighted by molar-refractivity contribution is 7.99. The second-order valence-corrected chi connectivity index (χ2v) is 6.96. The summed E-state index contributed by atoms with van der Waals surface area (Å²) < 4.78 is 20.7. The van der Waals surface area contributed by atoms with Gasteiger partial charge in [0, 0.05) is 17.7 Å². The van der Waals surface area contributed by atoms with Gasteiger partial charge in [0.15, 0.2) is 11.5 Å². The van der Waals surface area contributed by atoms with Gasteiger partial charge in [-0.15, -0.1) is 11.8 Å². The van der Waals surface area contributed by atoms with Crippen molar-refractivity contribution in [3.05, 3.63) is 17.7 Å². The van der Waals surface area contributed by atoms with E-state index in [-0.39, 0.29) is 19.0 Å². The second-order valence-electron chi connectivity index (χ2n) is 5.77. The predicted molar refractivity (Wildman–Crippen MR) is 103 cm³/mol. The molecule has 0 aliphatic carbocycles. The van der Waals surface area contributed by atoms with Crippen molar-refractivity contribution >= 4 is 29.5 Å². The van der Waals surface area contributed by atoms with Gasteiger partial charge in [-0.2, -0.15) is 0 Å². The zero-order chi connectivity index (χ0) is 20.7. The van der Waals surface area contributed by atoms with Crippen molar-refractivity contribution in [1.29, 1.82) is 0 Å². The molecule has 0 aromatic heterocycles. The average molecular weight is 412 g/mol. The predicted octanol–water partition coefficient (Wildman–Crippen LogP) is 0.966. The number of nitrogens with one attached hydrogen (secondary N) is 1. The molecule has 1 aromatic carbocycles. The van der Waals surface area contributed by atoms with Gasteiger partial charge in [-0.25, -0.2) is 0 Å². The lowest BCUT2D eigenvalue weighted by Gasteiger charge is -2.35. The highest BCUT2D eigenvalue weighted by Gasteiger charge is 2.34. The zero-order valence-electron chi connectivity index (χ0n) is 16.3. The molecule has 10 heteroatoms. The number of hydrogen-bond acceptors (Lipinski definition) is 8. The van der Waals surface area contributed by atoms with Crippen molar-refractivity contribution in [2.45, 2.75) is 11.8 Å². The van der Waals surface area contributed by atoms with Gasteiger partial charge in [-0.3, -0.25) is 14.4 Å². The number of rotatable bonds is 8. The van der Waals surface area contributed by atoms with Gasteiger partial charge in [0.05, 0.1) is 28.4 Å². The number of carbonyl (C=O) groups is 3. The van der Waals surface area contributed by atoms with Gasteiger partial charge in [-0.05, 0) is 12.1 Å². The maximum Gasteiger partial charge on any atom is 0.325 e. The second kappa shape index (κ2) is 10.1. The molecule has 28 heavy (non-hydrogen) atoms. The third kappa shape index (κ3) is 4.80. The Hall–Kier alpha value is -2.62. The highest BCUT2D eigenvalue weighted by atomic mass is 32.2. The van der Waals surface area contributed by atoms with E-state index in [0.717, 1.165) is 0 Å². The van der Waals surface area contributed by atoms with Crippen LogP contribution in [0.25, 0.3) is 0 Å². The summed E-state index contributed by atoms with van der Waals surface area (Å²) in [6.07, 6.45) is 0.320. The van der Waals surface area contributed by atoms with E-state index in [9.17, 15) is 14.4 Å². The first-order chi connectivity index (χ1) is 13.5. The summed E-state index contributed by atoms with van der Waals surface area (Å²) in [5.41, 5.74) is 0.693. The molecule has 0 bridgehead atoms. The summed E-state index contributed by atoms with van der Waals surface area (Å²) in [7, 11) is 5.76. The lowest BCUT2D eigenvalue weighted by Crippen LogP contribution is -2.45. The molecular weight excluding hydrogens is 388 g/mol. The fourth-order valence-electron chi connectivity index (χ4n) is 2.82. The van der Waals surface area contributed by atoms with Crippen LogP contribution in [0.4, 0.5) is 0 Å². The highest BCUT2D eigenvalue weighted by Crippen LogP contribution is 2.47. The van der Waals surface area contributed by atoms with E-state index >= 15 is 0 Å². The molecule has 2 rings (SSSR count). The monoisotopic (exact) mass is 412 g/mol. The first-order valence-corrected chi connectivity index (χ1v) is 9.55. The largest absolute Gasteiger partial charge is 0.493 e. The Morgan fingerprint density at radius 1 is 1.14 bits per heavy atom. The molecule has 1 aliphatic rings. The van der Waals surface area contributed by atoms with E-state index in [4.69, 9.17) is 14.2 Å². The summed E-state index contributed by atoms with van der Waals surface area (Å²) in [6.45, 7) is -0.445. The molecule has 1 atom stereocenters. The molecule has 0 saturated carbocycles. The molecule has 1 N–H and O–H groups in total. The molecule has 1 aliphatic heterocycles. The third-order valence-corrected chi connectivity index (χ3v) is 5.43. The van der Waals surface area contributed by atoms with Crippen LogP contribution in [0.3, 0.4) is 0 Å². The Labute approximate surface area is 167 Å². The maximum atomic E-state index is 12.5. The molecule has 1 heterocycles. The van der Waals surface area contributed by atoms with Crippen LogP contribution < -0.4 is 19.5 Å². The van der Waals surface area contributed by atoms with E-state index in [1.807, 2.05) is 0 Å². The third-order valence-electron chi connectivity index (χ3n) is 4.17. The minimum absolute atomic E-state index is 0.159. The van der Waals surface area contributed by atoms with Crippen molar-refractivity contribution in [2.24, 2.45) is 0 Å². The van der Waals surface area contributed by atoms with Crippen LogP contribution in [0.2, 0.25) is 0 Å². The fourth-order valence-corrected chi connectivity index (χ4v) is 4.08. The molecule has 1 fully saturated rings. The molecular formula is C18H24N2O7S. The van der Waals surface area contributed by atoms with Crippen molar-refractivity contribution < 1.29 is 33.3 Å². The smallest absolute Gasteiger partial charge is 0.325 e. The van der Waals surface area contributed by atoms with Crippen molar-refractivity contribution in [2.75, 3.05) is 47.3 Å². The number of thioether (sulfide) groups is 1. The van der Waals surface area contributed by atoms with Crippen molar-refractivity contribution in [3.8, 4) is 17.2 Å². The Morgan fingerprint density at radius 2 is 1.86 bits per heavy atom. The average Bonchev–Trinajstić information content (AvgIpc) is 2.72. The summed E-state index contributed by atoms with van der Waals surface area (Å²) in [4.78, 5) is 37.4. The van der Waals surface area contributed by atoms with Crippen LogP contribution in [0.1, 0.15) is 17.4 Å². The Kier molecular flexibility index (Phi) is 7.80. The van der Waals surface area contributed by atoms with E-state index < -0.39 is 17.3 Å². The fraction of sp³-hybridized carbons (Fsp3) is 0.500. The van der Waals surface area contributed by atoms with E-state index in [2.05, 4.69) is 10.1 Å². The number of esters is 1. The van der Waals surface area contributed by atoms with Crippen LogP contribution in [-0.2, 0) is 19.1 Å². The number of nitrogens with zero attached hydrogens (tertiary/aromatic N) is 1. The van der Waals surface area contributed by atoms with E-state index in [0.29, 0.717) is 35.0 Å². The number of benzene rings is 1. The van der Waals surface area contributed by atoms with Gasteiger partial charge in [0.1, 0.15) is 18.5 Å². The Balaban J connectivity index is 2.30. The van der Waals surface area contributed by atoms with Crippen molar-refractivity contribution in [3.63, 3.8) is 0 Å². The van der Waals surface area contributed by atoms with Crippen LogP contribution in [-0.4, -0.2) is 70.0 Å². The van der Waals surface area contributed by atoms with Crippen molar-refractivity contribution in [1.82, 2.24) is 10.2 Å². The van der Waals surface area contributed by atoms with Gasteiger partial charge in [0.25, 0.3) is 0 Å². The molecule has 9 nitrogen and oxygen atoms in total. The van der Waals surface area contributed by atoms with Gasteiger partial charge < -0.3 is 29.2 Å². The molecule has 0 radical (unpaired) electrons. The quantitative estimate of drug-likeness (QED) is 0.630. The first-order valence-electron chi connectivity index (χ1n) is 8.50. The van der Waals surface area contributed by atoms with Crippen LogP contribution >= 0.6 is 11.8 Å². The summed E-state index contributed by atoms with van der Waals surface area (Å²) in [6, 6.07) is 3.52. The zero-order valence-corrected chi connectivity index (χ0v) is 17.1. The molecule has 1 aromatic rings. The molecule has 1 unspecified atom stereocenters. The van der Waals surface area contributed by atoms with Crippen LogP contribution in [0.5, 0.6) is 17.2 Å². The Bertz CT molecular complexity index is 741. The minimum Gasteiger partial charge on any atom is -0.493 e. The molecule has 1 saturated heterocycles. The number of ether oxygens (including phenoxy) is 4. The number of amides is 2. The standard InChI is InChI=1S/C18H24N2O7S/c1-24-12-6-5-11(16(26-3)17(12)27-4)18-20(14(22)7-8-28-18)10-13(21)19-9-15(23)25-2/h5-6,18H,7-10H2,1-4H3,(H,19,21). The first kappa shape index (κ1) is 21.7. The van der Waals surface area contributed by atoms with Crippen LogP contribution in [0, 0.1) is 0 Å². The lowest BCUT2D eigenvalue weighted by atomic mass is 10.1. The SMILES string of the molecule is COC(=O)CNC(=O)CN1C(=O)CCSC1c1ccc(OC)c(OC)c1OC. The maximum absolute atomic E-state index is 12.5. The minimum atomic E-state index is -0.564. The van der Waals surface area contributed by atoms with Gasteiger partial charge in [0.2, 0.25) is 17.6 Å². The van der Waals surface area contributed by atoms with Crippen LogP contribution in [0.15, 0.2) is 12.1 Å². The summed E-state index contributed by atoms with van der Waals surface area (Å²) in [5.74, 6) is 0.787. The molecule has 0 spiro atoms. The summed E-state index contributed by atoms with van der Waals surface area (Å²) in [5, 5.41) is 2.01. The number of carbonyl (C=O) groups excluding carboxylic acids is 3. The molecule has 154 valence electrons. The molecule has 2 amide bonds. The van der Waals surface area contributed by atoms with E-state index in [1.54, 1.807) is 12.1 Å². The normalized spacial score (nSPS) is 16.4. The Morgan fingerprint density at radius 3 is 2.46 bits per heavy atom. The van der Waals surface area contributed by atoms with Gasteiger partial charge in [-0.1, -0.05) is 0 Å². The summed E-state index contributed by atoms with van der Waals surface area (Å²) >= 11 is 1.52. The lowest BCUT2D eigenvalue weighted by molar-refractivity contribution is -0.141. The van der Waals surface area contributed by atoms with Gasteiger partial charge >= 0.3 is 5.97 Å². The van der Waals surface area contributed by atoms with E-state index in [1.165, 1.54) is 45.1 Å². The topological polar surface area (TPSA) is 103 Å². The number of hydrogen-bond donors (Lipinski definition) is 1. The number of methoxy groups -OCH3 is 4.